The molecule has 0 saturated carbocycles. The van der Waals surface area contributed by atoms with Crippen molar-refractivity contribution in [2.24, 2.45) is 5.92 Å². The van der Waals surface area contributed by atoms with Crippen molar-refractivity contribution in [3.63, 3.8) is 0 Å². The zero-order chi connectivity index (χ0) is 18.9. The SMILES string of the molecule is CCC[C@H](C)[C@H](NC(=O)CSC1=CCCC=CC1)C(=O)OC(C)(C)C.[HH]. The highest BCUT2D eigenvalue weighted by atomic mass is 32.2. The van der Waals surface area contributed by atoms with Gasteiger partial charge in [0.1, 0.15) is 11.6 Å². The largest absolute Gasteiger partial charge is 0.458 e. The van der Waals surface area contributed by atoms with Crippen LogP contribution in [0.3, 0.4) is 0 Å². The van der Waals surface area contributed by atoms with Crippen molar-refractivity contribution in [3.05, 3.63) is 23.1 Å². The molecule has 1 aliphatic rings. The van der Waals surface area contributed by atoms with Gasteiger partial charge in [-0.3, -0.25) is 4.79 Å². The minimum absolute atomic E-state index is 0. The highest BCUT2D eigenvalue weighted by Crippen LogP contribution is 2.23. The molecule has 0 saturated heterocycles. The van der Waals surface area contributed by atoms with Gasteiger partial charge in [-0.15, -0.1) is 11.8 Å². The van der Waals surface area contributed by atoms with Crippen molar-refractivity contribution in [2.75, 3.05) is 5.75 Å². The second-order valence-electron chi connectivity index (χ2n) is 7.56. The molecule has 0 unspecified atom stereocenters. The van der Waals surface area contributed by atoms with E-state index in [2.05, 4.69) is 30.5 Å². The van der Waals surface area contributed by atoms with Crippen LogP contribution in [0.5, 0.6) is 0 Å². The number of hydrogen-bond donors (Lipinski definition) is 1. The molecule has 0 spiro atoms. The number of ether oxygens (including phenoxy) is 1. The first kappa shape index (κ1) is 21.8. The number of carbonyl (C=O) groups excluding carboxylic acids is 2. The van der Waals surface area contributed by atoms with Crippen LogP contribution in [0.4, 0.5) is 0 Å². The van der Waals surface area contributed by atoms with Gasteiger partial charge in [-0.25, -0.2) is 4.79 Å². The molecule has 0 aromatic heterocycles. The van der Waals surface area contributed by atoms with E-state index in [0.717, 1.165) is 32.1 Å². The molecule has 0 bridgehead atoms. The molecular formula is C20H35NO3S. The Bertz CT molecular complexity index is 512. The van der Waals surface area contributed by atoms with E-state index in [-0.39, 0.29) is 19.2 Å². The normalized spacial score (nSPS) is 17.2. The molecule has 1 amide bonds. The van der Waals surface area contributed by atoms with Crippen molar-refractivity contribution in [1.29, 1.82) is 0 Å². The number of esters is 1. The van der Waals surface area contributed by atoms with Crippen LogP contribution in [-0.4, -0.2) is 29.3 Å². The number of allylic oxidation sites excluding steroid dienone is 4. The average Bonchev–Trinajstić information content (AvgIpc) is 2.77. The highest BCUT2D eigenvalue weighted by Gasteiger charge is 2.30. The summed E-state index contributed by atoms with van der Waals surface area (Å²) in [4.78, 5) is 26.1. The lowest BCUT2D eigenvalue weighted by Crippen LogP contribution is -2.48. The smallest absolute Gasteiger partial charge is 0.329 e. The van der Waals surface area contributed by atoms with E-state index in [9.17, 15) is 9.59 Å². The lowest BCUT2D eigenvalue weighted by molar-refractivity contribution is -0.160. The average molecular weight is 370 g/mol. The second kappa shape index (κ2) is 10.7. The Kier molecular flexibility index (Phi) is 9.33. The van der Waals surface area contributed by atoms with Gasteiger partial charge >= 0.3 is 5.97 Å². The van der Waals surface area contributed by atoms with Crippen molar-refractivity contribution >= 4 is 23.6 Å². The summed E-state index contributed by atoms with van der Waals surface area (Å²) in [6.07, 6.45) is 11.3. The number of amides is 1. The molecule has 0 radical (unpaired) electrons. The fraction of sp³-hybridized carbons (Fsp3) is 0.700. The Balaban J connectivity index is 0.00000625. The molecule has 0 aromatic rings. The van der Waals surface area contributed by atoms with Crippen LogP contribution in [0.1, 0.15) is 68.1 Å². The number of rotatable bonds is 8. The molecule has 1 rings (SSSR count). The molecule has 1 N–H and O–H groups in total. The number of thioether (sulfide) groups is 1. The maximum atomic E-state index is 12.5. The lowest BCUT2D eigenvalue weighted by Gasteiger charge is -2.28. The molecule has 0 heterocycles. The van der Waals surface area contributed by atoms with E-state index in [1.807, 2.05) is 27.7 Å². The third-order valence-corrected chi connectivity index (χ3v) is 4.98. The first-order valence-corrected chi connectivity index (χ1v) is 10.2. The Labute approximate surface area is 158 Å². The molecule has 0 fully saturated rings. The summed E-state index contributed by atoms with van der Waals surface area (Å²) in [7, 11) is 0. The van der Waals surface area contributed by atoms with Crippen molar-refractivity contribution in [2.45, 2.75) is 78.4 Å². The van der Waals surface area contributed by atoms with Crippen LogP contribution in [0.25, 0.3) is 0 Å². The minimum atomic E-state index is -0.588. The van der Waals surface area contributed by atoms with Crippen LogP contribution in [0.15, 0.2) is 23.1 Å². The van der Waals surface area contributed by atoms with Crippen LogP contribution < -0.4 is 5.32 Å². The summed E-state index contributed by atoms with van der Waals surface area (Å²) in [5.41, 5.74) is -0.557. The van der Waals surface area contributed by atoms with E-state index < -0.39 is 11.6 Å². The third-order valence-electron chi connectivity index (χ3n) is 3.87. The molecule has 4 nitrogen and oxygen atoms in total. The Morgan fingerprint density at radius 1 is 1.32 bits per heavy atom. The topological polar surface area (TPSA) is 55.4 Å². The lowest BCUT2D eigenvalue weighted by atomic mass is 9.96. The van der Waals surface area contributed by atoms with Gasteiger partial charge in [0.05, 0.1) is 5.75 Å². The zero-order valence-corrected chi connectivity index (χ0v) is 17.1. The molecule has 0 aromatic carbocycles. The monoisotopic (exact) mass is 369 g/mol. The molecule has 5 heteroatoms. The van der Waals surface area contributed by atoms with Gasteiger partial charge in [-0.1, -0.05) is 38.5 Å². The van der Waals surface area contributed by atoms with Gasteiger partial charge in [-0.05, 0) is 57.3 Å². The fourth-order valence-corrected chi connectivity index (χ4v) is 3.50. The van der Waals surface area contributed by atoms with Gasteiger partial charge in [0, 0.05) is 1.43 Å². The Morgan fingerprint density at radius 2 is 2.04 bits per heavy atom. The van der Waals surface area contributed by atoms with Crippen LogP contribution in [-0.2, 0) is 14.3 Å². The van der Waals surface area contributed by atoms with Crippen molar-refractivity contribution in [1.82, 2.24) is 5.32 Å². The first-order valence-electron chi connectivity index (χ1n) is 9.22. The van der Waals surface area contributed by atoms with Gasteiger partial charge in [0.15, 0.2) is 0 Å². The minimum Gasteiger partial charge on any atom is -0.458 e. The van der Waals surface area contributed by atoms with Crippen LogP contribution in [0.2, 0.25) is 0 Å². The van der Waals surface area contributed by atoms with E-state index in [1.165, 1.54) is 4.91 Å². The fourth-order valence-electron chi connectivity index (χ4n) is 2.65. The Morgan fingerprint density at radius 3 is 2.68 bits per heavy atom. The molecule has 1 aliphatic carbocycles. The quantitative estimate of drug-likeness (QED) is 0.491. The summed E-state index contributed by atoms with van der Waals surface area (Å²) in [5.74, 6) is -0.0761. The molecule has 2 atom stereocenters. The zero-order valence-electron chi connectivity index (χ0n) is 16.3. The molecule has 0 aliphatic heterocycles. The second-order valence-corrected chi connectivity index (χ2v) is 8.66. The summed E-state index contributed by atoms with van der Waals surface area (Å²) in [6, 6.07) is -0.588. The van der Waals surface area contributed by atoms with E-state index in [0.29, 0.717) is 5.75 Å². The maximum Gasteiger partial charge on any atom is 0.329 e. The van der Waals surface area contributed by atoms with E-state index in [4.69, 9.17) is 4.74 Å². The summed E-state index contributed by atoms with van der Waals surface area (Å²) >= 11 is 1.56. The predicted octanol–water partition coefficient (Wildman–Crippen LogP) is 4.85. The predicted molar refractivity (Wildman–Crippen MR) is 107 cm³/mol. The van der Waals surface area contributed by atoms with Crippen LogP contribution >= 0.6 is 11.8 Å². The standard InChI is InChI=1S/C20H33NO3S.H2/c1-6-11-15(2)18(19(23)24-20(3,4)5)21-17(22)14-25-16-12-9-7-8-10-13-16;/h7,9,13,15,18H,6,8,10-12,14H2,1-5H3,(H,21,22);1H/t15-,18-;/m0./s1. The summed E-state index contributed by atoms with van der Waals surface area (Å²) < 4.78 is 5.50. The molecule has 25 heavy (non-hydrogen) atoms. The summed E-state index contributed by atoms with van der Waals surface area (Å²) in [5, 5.41) is 2.90. The Hall–Kier alpha value is -1.23. The van der Waals surface area contributed by atoms with Gasteiger partial charge < -0.3 is 10.1 Å². The first-order chi connectivity index (χ1) is 11.7. The third kappa shape index (κ3) is 9.15. The van der Waals surface area contributed by atoms with Crippen molar-refractivity contribution in [3.8, 4) is 0 Å². The molecular weight excluding hydrogens is 334 g/mol. The van der Waals surface area contributed by atoms with E-state index >= 15 is 0 Å². The highest BCUT2D eigenvalue weighted by molar-refractivity contribution is 8.03. The van der Waals surface area contributed by atoms with E-state index in [1.54, 1.807) is 11.8 Å². The molecule has 144 valence electrons. The van der Waals surface area contributed by atoms with Gasteiger partial charge in [0.2, 0.25) is 5.91 Å². The number of hydrogen-bond acceptors (Lipinski definition) is 4. The van der Waals surface area contributed by atoms with Gasteiger partial charge in [-0.2, -0.15) is 0 Å². The number of nitrogens with one attached hydrogen (secondary N) is 1. The van der Waals surface area contributed by atoms with Crippen LogP contribution in [0, 0.1) is 5.92 Å². The maximum absolute atomic E-state index is 12.5. The van der Waals surface area contributed by atoms with Gasteiger partial charge in [0.25, 0.3) is 0 Å². The summed E-state index contributed by atoms with van der Waals surface area (Å²) in [6.45, 7) is 9.60. The van der Waals surface area contributed by atoms with Crippen molar-refractivity contribution < 1.29 is 15.8 Å². The number of carbonyl (C=O) groups is 2.